The van der Waals surface area contributed by atoms with Gasteiger partial charge in [0.05, 0.1) is 5.02 Å². The molecule has 0 fully saturated rings. The molecule has 0 spiro atoms. The first kappa shape index (κ1) is 24.4. The Morgan fingerprint density at radius 3 is 2.42 bits per heavy atom. The fraction of sp³-hybridized carbons (Fsp3) is 0.227. The molecule has 0 bridgehead atoms. The number of sulfone groups is 1. The van der Waals surface area contributed by atoms with Crippen molar-refractivity contribution in [3.63, 3.8) is 0 Å². The molecule has 0 aliphatic carbocycles. The maximum atomic E-state index is 12.6. The lowest BCUT2D eigenvalue weighted by atomic mass is 10.1. The van der Waals surface area contributed by atoms with E-state index in [0.29, 0.717) is 22.2 Å². The zero-order valence-electron chi connectivity index (χ0n) is 17.9. The van der Waals surface area contributed by atoms with E-state index in [1.807, 2.05) is 0 Å². The summed E-state index contributed by atoms with van der Waals surface area (Å²) in [4.78, 5) is 28.6. The minimum atomic E-state index is -3.85. The van der Waals surface area contributed by atoms with Crippen LogP contribution < -0.4 is 15.8 Å². The number of carbonyl (C=O) groups excluding carboxylic acids is 1. The van der Waals surface area contributed by atoms with E-state index < -0.39 is 20.5 Å². The molecule has 0 radical (unpaired) electrons. The van der Waals surface area contributed by atoms with Gasteiger partial charge in [-0.3, -0.25) is 14.8 Å². The molecule has 9 nitrogen and oxygen atoms in total. The predicted octanol–water partition coefficient (Wildman–Crippen LogP) is 3.05. The highest BCUT2D eigenvalue weighted by Crippen LogP contribution is 2.25. The van der Waals surface area contributed by atoms with Crippen LogP contribution in [-0.2, 0) is 21.2 Å². The minimum Gasteiger partial charge on any atom is -0.439 e. The Kier molecular flexibility index (Phi) is 7.21. The van der Waals surface area contributed by atoms with Gasteiger partial charge in [0.2, 0.25) is 5.88 Å². The number of aryl methyl sites for hydroxylation is 1. The minimum absolute atomic E-state index is 0.0308. The lowest BCUT2D eigenvalue weighted by Crippen LogP contribution is -2.49. The summed E-state index contributed by atoms with van der Waals surface area (Å²) >= 11 is 5.81. The summed E-state index contributed by atoms with van der Waals surface area (Å²) in [5.74, 6) is -0.0966. The Hall–Kier alpha value is -3.21. The number of hydrogen-bond donors (Lipinski definition) is 2. The van der Waals surface area contributed by atoms with Crippen LogP contribution >= 0.6 is 11.6 Å². The molecule has 0 aliphatic rings. The number of nitrogens with zero attached hydrogens (tertiary/aromatic N) is 2. The van der Waals surface area contributed by atoms with E-state index in [4.69, 9.17) is 21.5 Å². The van der Waals surface area contributed by atoms with Crippen LogP contribution in [0.2, 0.25) is 5.02 Å². The lowest BCUT2D eigenvalue weighted by Gasteiger charge is -2.25. The van der Waals surface area contributed by atoms with Crippen LogP contribution in [0.25, 0.3) is 11.1 Å². The van der Waals surface area contributed by atoms with Crippen LogP contribution in [0.1, 0.15) is 13.3 Å². The van der Waals surface area contributed by atoms with Crippen molar-refractivity contribution in [1.29, 1.82) is 0 Å². The van der Waals surface area contributed by atoms with Gasteiger partial charge in [0.15, 0.2) is 14.6 Å². The standard InChI is InChI=1S/C22H22ClN3O6S/c1-22(21(28)25-29,33(2,30)31)10-12-26-11-9-16(13-20(26)27)15-3-6-18(7-4-15)32-19-8-5-17(23)14-24-19/h3-9,11,13-14,29H,10,12H2,1-2H3,(H,25,28)/t22-/m1/s1. The van der Waals surface area contributed by atoms with Crippen molar-refractivity contribution in [2.45, 2.75) is 24.6 Å². The third-order valence-electron chi connectivity index (χ3n) is 5.34. The summed E-state index contributed by atoms with van der Waals surface area (Å²) in [5, 5.41) is 9.42. The van der Waals surface area contributed by atoms with Crippen molar-refractivity contribution in [2.75, 3.05) is 6.26 Å². The Morgan fingerprint density at radius 1 is 1.18 bits per heavy atom. The van der Waals surface area contributed by atoms with Crippen LogP contribution in [0, 0.1) is 0 Å². The molecule has 1 amide bonds. The number of nitrogens with one attached hydrogen (secondary N) is 1. The number of ether oxygens (including phenoxy) is 1. The molecular weight excluding hydrogens is 470 g/mol. The monoisotopic (exact) mass is 491 g/mol. The second-order valence-corrected chi connectivity index (χ2v) is 10.5. The van der Waals surface area contributed by atoms with Crippen LogP contribution in [0.15, 0.2) is 65.7 Å². The van der Waals surface area contributed by atoms with Gasteiger partial charge < -0.3 is 9.30 Å². The van der Waals surface area contributed by atoms with Crippen molar-refractivity contribution in [3.05, 3.63) is 76.3 Å². The largest absolute Gasteiger partial charge is 0.439 e. The van der Waals surface area contributed by atoms with Gasteiger partial charge >= 0.3 is 0 Å². The van der Waals surface area contributed by atoms with Crippen LogP contribution in [-0.4, -0.2) is 40.1 Å². The molecule has 2 aromatic heterocycles. The third kappa shape index (κ3) is 5.59. The maximum Gasteiger partial charge on any atom is 0.264 e. The first-order valence-electron chi connectivity index (χ1n) is 9.78. The van der Waals surface area contributed by atoms with Gasteiger partial charge in [-0.05, 0) is 48.7 Å². The van der Waals surface area contributed by atoms with Gasteiger partial charge in [-0.15, -0.1) is 0 Å². The highest BCUT2D eigenvalue weighted by Gasteiger charge is 2.43. The van der Waals surface area contributed by atoms with Crippen LogP contribution in [0.3, 0.4) is 0 Å². The highest BCUT2D eigenvalue weighted by atomic mass is 35.5. The van der Waals surface area contributed by atoms with Gasteiger partial charge in [-0.25, -0.2) is 18.9 Å². The number of carbonyl (C=O) groups is 1. The van der Waals surface area contributed by atoms with E-state index in [9.17, 15) is 18.0 Å². The molecule has 174 valence electrons. The normalized spacial score (nSPS) is 13.2. The van der Waals surface area contributed by atoms with E-state index in [2.05, 4.69) is 4.98 Å². The van der Waals surface area contributed by atoms with Gasteiger partial charge in [-0.1, -0.05) is 23.7 Å². The van der Waals surface area contributed by atoms with Crippen LogP contribution in [0.5, 0.6) is 11.6 Å². The van der Waals surface area contributed by atoms with Crippen molar-refractivity contribution in [2.24, 2.45) is 0 Å². The van der Waals surface area contributed by atoms with Gasteiger partial charge in [0.1, 0.15) is 5.75 Å². The molecule has 33 heavy (non-hydrogen) atoms. The molecule has 0 saturated carbocycles. The topological polar surface area (TPSA) is 128 Å². The first-order chi connectivity index (χ1) is 15.5. The molecule has 2 heterocycles. The number of amides is 1. The Morgan fingerprint density at radius 2 is 1.88 bits per heavy atom. The molecule has 11 heteroatoms. The second-order valence-electron chi connectivity index (χ2n) is 7.58. The number of hydrogen-bond acceptors (Lipinski definition) is 7. The van der Waals surface area contributed by atoms with Crippen molar-refractivity contribution >= 4 is 27.3 Å². The van der Waals surface area contributed by atoms with Gasteiger partial charge in [-0.2, -0.15) is 0 Å². The fourth-order valence-corrected chi connectivity index (χ4v) is 4.01. The number of halogens is 1. The molecule has 3 aromatic rings. The van der Waals surface area contributed by atoms with Gasteiger partial charge in [0.25, 0.3) is 11.5 Å². The molecule has 0 aliphatic heterocycles. The zero-order valence-corrected chi connectivity index (χ0v) is 19.4. The molecule has 2 N–H and O–H groups in total. The van der Waals surface area contributed by atoms with Crippen LogP contribution in [0.4, 0.5) is 0 Å². The highest BCUT2D eigenvalue weighted by molar-refractivity contribution is 7.92. The SMILES string of the molecule is C[C@@](CCn1ccc(-c2ccc(Oc3ccc(Cl)cn3)cc2)cc1=O)(C(=O)NO)S(C)(=O)=O. The fourth-order valence-electron chi connectivity index (χ4n) is 3.05. The van der Waals surface area contributed by atoms with Crippen molar-refractivity contribution in [3.8, 4) is 22.8 Å². The summed E-state index contributed by atoms with van der Waals surface area (Å²) in [6.45, 7) is 1.17. The van der Waals surface area contributed by atoms with Crippen molar-refractivity contribution < 1.29 is 23.2 Å². The average Bonchev–Trinajstić information content (AvgIpc) is 2.78. The molecule has 0 unspecified atom stereocenters. The quantitative estimate of drug-likeness (QED) is 0.366. The van der Waals surface area contributed by atoms with Crippen molar-refractivity contribution in [1.82, 2.24) is 15.0 Å². The zero-order chi connectivity index (χ0) is 24.2. The smallest absolute Gasteiger partial charge is 0.264 e. The van der Waals surface area contributed by atoms with E-state index in [0.717, 1.165) is 11.8 Å². The lowest BCUT2D eigenvalue weighted by molar-refractivity contribution is -0.131. The summed E-state index contributed by atoms with van der Waals surface area (Å²) in [7, 11) is -3.85. The van der Waals surface area contributed by atoms with E-state index in [1.54, 1.807) is 42.5 Å². The molecule has 1 atom stereocenters. The molecule has 1 aromatic carbocycles. The molecule has 0 saturated heterocycles. The summed E-state index contributed by atoms with van der Waals surface area (Å²) in [6, 6.07) is 13.5. The summed E-state index contributed by atoms with van der Waals surface area (Å²) in [5.41, 5.74) is 2.46. The summed E-state index contributed by atoms with van der Waals surface area (Å²) in [6.07, 6.45) is 3.72. The number of benzene rings is 1. The maximum absolute atomic E-state index is 12.6. The predicted molar refractivity (Wildman–Crippen MR) is 123 cm³/mol. The van der Waals surface area contributed by atoms with E-state index >= 15 is 0 Å². The molecular formula is C22H22ClN3O6S. The Labute approximate surface area is 195 Å². The number of pyridine rings is 2. The average molecular weight is 492 g/mol. The van der Waals surface area contributed by atoms with Gasteiger partial charge in [0, 0.05) is 37.3 Å². The second kappa shape index (κ2) is 9.74. The number of rotatable bonds is 8. The van der Waals surface area contributed by atoms with E-state index in [-0.39, 0.29) is 18.5 Å². The van der Waals surface area contributed by atoms with E-state index in [1.165, 1.54) is 35.4 Å². The number of aromatic nitrogens is 2. The summed E-state index contributed by atoms with van der Waals surface area (Å²) < 4.78 is 29.2. The Balaban J connectivity index is 1.74. The number of hydroxylamine groups is 1. The first-order valence-corrected chi connectivity index (χ1v) is 12.0. The Bertz CT molecular complexity index is 1310. The molecule has 3 rings (SSSR count). The third-order valence-corrected chi connectivity index (χ3v) is 7.59.